The molecule has 0 atom stereocenters. The van der Waals surface area contributed by atoms with E-state index in [4.69, 9.17) is 5.26 Å². The predicted octanol–water partition coefficient (Wildman–Crippen LogP) is 2.03. The van der Waals surface area contributed by atoms with Crippen LogP contribution < -0.4 is 14.5 Å². The molecule has 0 saturated heterocycles. The smallest absolute Gasteiger partial charge is 0.245 e. The zero-order valence-electron chi connectivity index (χ0n) is 14.8. The van der Waals surface area contributed by atoms with Crippen LogP contribution in [0.15, 0.2) is 48.5 Å². The molecule has 0 fully saturated rings. The van der Waals surface area contributed by atoms with Gasteiger partial charge in [0.2, 0.25) is 15.9 Å². The van der Waals surface area contributed by atoms with Gasteiger partial charge < -0.3 is 10.2 Å². The zero-order valence-corrected chi connectivity index (χ0v) is 15.6. The topological polar surface area (TPSA) is 93.5 Å². The van der Waals surface area contributed by atoms with Gasteiger partial charge in [-0.1, -0.05) is 6.07 Å². The van der Waals surface area contributed by atoms with Crippen molar-refractivity contribution in [2.75, 3.05) is 41.4 Å². The van der Waals surface area contributed by atoms with Crippen LogP contribution in [0.4, 0.5) is 17.1 Å². The summed E-state index contributed by atoms with van der Waals surface area (Å²) in [6, 6.07) is 15.3. The first-order valence-corrected chi connectivity index (χ1v) is 9.60. The fourth-order valence-corrected chi connectivity index (χ4v) is 3.17. The highest BCUT2D eigenvalue weighted by atomic mass is 32.2. The molecular weight excluding hydrogens is 352 g/mol. The summed E-state index contributed by atoms with van der Waals surface area (Å²) >= 11 is 0. The van der Waals surface area contributed by atoms with Crippen molar-refractivity contribution in [1.82, 2.24) is 0 Å². The monoisotopic (exact) mass is 372 g/mol. The molecule has 136 valence electrons. The Bertz CT molecular complexity index is 932. The molecular formula is C18H20N4O3S. The lowest BCUT2D eigenvalue weighted by molar-refractivity contribution is -0.114. The summed E-state index contributed by atoms with van der Waals surface area (Å²) < 4.78 is 25.3. The van der Waals surface area contributed by atoms with E-state index in [1.54, 1.807) is 42.5 Å². The highest BCUT2D eigenvalue weighted by Gasteiger charge is 2.21. The summed E-state index contributed by atoms with van der Waals surface area (Å²) in [5, 5.41) is 11.5. The molecule has 2 aromatic carbocycles. The van der Waals surface area contributed by atoms with Crippen LogP contribution in [0, 0.1) is 11.3 Å². The second kappa shape index (κ2) is 7.89. The van der Waals surface area contributed by atoms with Crippen molar-refractivity contribution >= 4 is 33.0 Å². The number of sulfonamides is 1. The number of benzene rings is 2. The van der Waals surface area contributed by atoms with Gasteiger partial charge in [0, 0.05) is 25.5 Å². The number of carbonyl (C=O) groups excluding carboxylic acids is 1. The molecule has 0 aliphatic carbocycles. The number of rotatable bonds is 6. The maximum Gasteiger partial charge on any atom is 0.245 e. The molecule has 0 unspecified atom stereocenters. The van der Waals surface area contributed by atoms with Crippen LogP contribution in [0.25, 0.3) is 0 Å². The van der Waals surface area contributed by atoms with Gasteiger partial charge in [-0.05, 0) is 42.5 Å². The van der Waals surface area contributed by atoms with Crippen molar-refractivity contribution in [1.29, 1.82) is 5.26 Å². The third-order valence-corrected chi connectivity index (χ3v) is 4.76. The highest BCUT2D eigenvalue weighted by molar-refractivity contribution is 7.92. The van der Waals surface area contributed by atoms with Crippen molar-refractivity contribution in [3.05, 3.63) is 54.1 Å². The molecule has 0 spiro atoms. The summed E-state index contributed by atoms with van der Waals surface area (Å²) in [4.78, 5) is 14.2. The summed E-state index contributed by atoms with van der Waals surface area (Å²) in [5.74, 6) is -0.498. The average molecular weight is 372 g/mol. The lowest BCUT2D eigenvalue weighted by Gasteiger charge is -2.23. The molecule has 1 N–H and O–H groups in total. The lowest BCUT2D eigenvalue weighted by Crippen LogP contribution is -2.37. The van der Waals surface area contributed by atoms with Crippen molar-refractivity contribution in [3.63, 3.8) is 0 Å². The van der Waals surface area contributed by atoms with Gasteiger partial charge in [0.05, 0.1) is 23.6 Å². The third kappa shape index (κ3) is 4.97. The fourth-order valence-electron chi connectivity index (χ4n) is 2.31. The molecule has 0 aliphatic heterocycles. The van der Waals surface area contributed by atoms with E-state index in [9.17, 15) is 13.2 Å². The number of carbonyl (C=O) groups is 1. The average Bonchev–Trinajstić information content (AvgIpc) is 2.59. The van der Waals surface area contributed by atoms with Gasteiger partial charge in [-0.15, -0.1) is 0 Å². The van der Waals surface area contributed by atoms with E-state index in [0.29, 0.717) is 16.9 Å². The molecule has 1 amide bonds. The number of nitrogens with one attached hydrogen (secondary N) is 1. The quantitative estimate of drug-likeness (QED) is 0.837. The van der Waals surface area contributed by atoms with Crippen molar-refractivity contribution in [3.8, 4) is 6.07 Å². The van der Waals surface area contributed by atoms with Crippen molar-refractivity contribution < 1.29 is 13.2 Å². The molecule has 7 nitrogen and oxygen atoms in total. The highest BCUT2D eigenvalue weighted by Crippen LogP contribution is 2.21. The van der Waals surface area contributed by atoms with Crippen molar-refractivity contribution in [2.45, 2.75) is 0 Å². The van der Waals surface area contributed by atoms with E-state index in [0.717, 1.165) is 16.2 Å². The van der Waals surface area contributed by atoms with Gasteiger partial charge in [0.15, 0.2) is 0 Å². The van der Waals surface area contributed by atoms with Crippen LogP contribution in [0.1, 0.15) is 5.56 Å². The Morgan fingerprint density at radius 1 is 1.12 bits per heavy atom. The third-order valence-electron chi connectivity index (χ3n) is 3.62. The number of anilines is 3. The summed E-state index contributed by atoms with van der Waals surface area (Å²) in [6.45, 7) is -0.364. The van der Waals surface area contributed by atoms with Crippen LogP contribution in [0.5, 0.6) is 0 Å². The number of hydrogen-bond donors (Lipinski definition) is 1. The van der Waals surface area contributed by atoms with E-state index in [1.807, 2.05) is 25.1 Å². The molecule has 0 bridgehead atoms. The van der Waals surface area contributed by atoms with Crippen LogP contribution >= 0.6 is 0 Å². The van der Waals surface area contributed by atoms with E-state index in [1.165, 1.54) is 6.07 Å². The summed E-state index contributed by atoms with van der Waals surface area (Å²) in [6.07, 6.45) is 1.05. The molecule has 26 heavy (non-hydrogen) atoms. The van der Waals surface area contributed by atoms with Crippen LogP contribution in [-0.2, 0) is 14.8 Å². The Kier molecular flexibility index (Phi) is 5.85. The first-order valence-electron chi connectivity index (χ1n) is 7.76. The standard InChI is InChI=1S/C18H20N4O3S/c1-21(2)16-7-9-17(10-8-16)22(26(3,24)25)13-18(23)20-15-6-4-5-14(11-15)12-19/h4-11H,13H2,1-3H3,(H,20,23). The number of amides is 1. The van der Waals surface area contributed by atoms with Gasteiger partial charge >= 0.3 is 0 Å². The number of hydrogen-bond acceptors (Lipinski definition) is 5. The van der Waals surface area contributed by atoms with Crippen molar-refractivity contribution in [2.24, 2.45) is 0 Å². The largest absolute Gasteiger partial charge is 0.378 e. The number of nitriles is 1. The van der Waals surface area contributed by atoms with E-state index in [-0.39, 0.29) is 6.54 Å². The molecule has 0 radical (unpaired) electrons. The van der Waals surface area contributed by atoms with Gasteiger partial charge in [0.1, 0.15) is 6.54 Å². The molecule has 2 aromatic rings. The lowest BCUT2D eigenvalue weighted by atomic mass is 10.2. The van der Waals surface area contributed by atoms with Crippen LogP contribution in [0.3, 0.4) is 0 Å². The summed E-state index contributed by atoms with van der Waals surface area (Å²) in [7, 11) is 0.117. The molecule has 2 rings (SSSR count). The van der Waals surface area contributed by atoms with Gasteiger partial charge in [-0.2, -0.15) is 5.26 Å². The molecule has 8 heteroatoms. The second-order valence-electron chi connectivity index (χ2n) is 5.92. The zero-order chi connectivity index (χ0) is 19.3. The van der Waals surface area contributed by atoms with Gasteiger partial charge in [-0.3, -0.25) is 9.10 Å². The first kappa shape index (κ1) is 19.3. The Hall–Kier alpha value is -3.05. The fraction of sp³-hybridized carbons (Fsp3) is 0.222. The predicted molar refractivity (Wildman–Crippen MR) is 103 cm³/mol. The van der Waals surface area contributed by atoms with E-state index in [2.05, 4.69) is 5.32 Å². The Balaban J connectivity index is 2.20. The van der Waals surface area contributed by atoms with Crippen LogP contribution in [0.2, 0.25) is 0 Å². The summed E-state index contributed by atoms with van der Waals surface area (Å²) in [5.41, 5.74) is 2.16. The Labute approximate surface area is 153 Å². The molecule has 0 aromatic heterocycles. The number of nitrogens with zero attached hydrogens (tertiary/aromatic N) is 3. The minimum atomic E-state index is -3.64. The minimum absolute atomic E-state index is 0.364. The Morgan fingerprint density at radius 3 is 2.27 bits per heavy atom. The van der Waals surface area contributed by atoms with E-state index >= 15 is 0 Å². The first-order chi connectivity index (χ1) is 12.2. The van der Waals surface area contributed by atoms with Gasteiger partial charge in [-0.25, -0.2) is 8.42 Å². The maximum atomic E-state index is 12.3. The Morgan fingerprint density at radius 2 is 1.73 bits per heavy atom. The maximum absolute atomic E-state index is 12.3. The SMILES string of the molecule is CN(C)c1ccc(N(CC(=O)Nc2cccc(C#N)c2)S(C)(=O)=O)cc1. The molecule has 0 saturated carbocycles. The normalized spacial score (nSPS) is 10.7. The second-order valence-corrected chi connectivity index (χ2v) is 7.83. The van der Waals surface area contributed by atoms with Gasteiger partial charge in [0.25, 0.3) is 0 Å². The molecule has 0 heterocycles. The van der Waals surface area contributed by atoms with Crippen LogP contribution in [-0.4, -0.2) is 41.2 Å². The molecule has 0 aliphatic rings. The minimum Gasteiger partial charge on any atom is -0.378 e. The van der Waals surface area contributed by atoms with E-state index < -0.39 is 15.9 Å².